The molecule has 3 rings (SSSR count). The average Bonchev–Trinajstić information content (AvgIpc) is 3.11. The van der Waals surface area contributed by atoms with E-state index in [1.54, 1.807) is 18.2 Å². The zero-order valence-electron chi connectivity index (χ0n) is 12.5. The molecule has 24 heavy (non-hydrogen) atoms. The first-order valence-corrected chi connectivity index (χ1v) is 8.52. The SMILES string of the molecule is O=C(NNS(=O)(=O)c1ccccc1)c1cnn(-c2ccccc2)c1. The molecule has 7 nitrogen and oxygen atoms in total. The van der Waals surface area contributed by atoms with Gasteiger partial charge in [-0.05, 0) is 24.3 Å². The van der Waals surface area contributed by atoms with Gasteiger partial charge in [-0.1, -0.05) is 36.4 Å². The lowest BCUT2D eigenvalue weighted by Gasteiger charge is -2.07. The molecule has 1 amide bonds. The largest absolute Gasteiger partial charge is 0.273 e. The van der Waals surface area contributed by atoms with Crippen molar-refractivity contribution in [1.29, 1.82) is 0 Å². The number of amides is 1. The number of hydrogen-bond donors (Lipinski definition) is 2. The summed E-state index contributed by atoms with van der Waals surface area (Å²) in [5.41, 5.74) is 3.20. The summed E-state index contributed by atoms with van der Waals surface area (Å²) in [6, 6.07) is 17.0. The first kappa shape index (κ1) is 15.9. The molecule has 0 saturated carbocycles. The van der Waals surface area contributed by atoms with Crippen molar-refractivity contribution in [2.24, 2.45) is 0 Å². The molecule has 0 aliphatic heterocycles. The van der Waals surface area contributed by atoms with E-state index in [2.05, 4.69) is 15.4 Å². The van der Waals surface area contributed by atoms with Crippen LogP contribution in [-0.2, 0) is 10.0 Å². The van der Waals surface area contributed by atoms with Gasteiger partial charge in [-0.25, -0.2) is 13.1 Å². The summed E-state index contributed by atoms with van der Waals surface area (Å²) in [6.45, 7) is 0. The lowest BCUT2D eigenvalue weighted by molar-refractivity contribution is 0.0945. The Morgan fingerprint density at radius 1 is 0.958 bits per heavy atom. The molecule has 122 valence electrons. The Hall–Kier alpha value is -2.97. The molecule has 3 aromatic rings. The summed E-state index contributed by atoms with van der Waals surface area (Å²) in [4.78, 5) is 14.2. The molecule has 0 radical (unpaired) electrons. The third kappa shape index (κ3) is 3.50. The summed E-state index contributed by atoms with van der Waals surface area (Å²) in [7, 11) is -3.82. The van der Waals surface area contributed by atoms with Crippen LogP contribution in [0.4, 0.5) is 0 Å². The minimum atomic E-state index is -3.82. The second kappa shape index (κ2) is 6.65. The molecule has 8 heteroatoms. The van der Waals surface area contributed by atoms with Gasteiger partial charge < -0.3 is 0 Å². The number of carbonyl (C=O) groups excluding carboxylic acids is 1. The Bertz CT molecular complexity index is 938. The highest BCUT2D eigenvalue weighted by Gasteiger charge is 2.16. The predicted molar refractivity (Wildman–Crippen MR) is 87.8 cm³/mol. The van der Waals surface area contributed by atoms with Gasteiger partial charge in [-0.3, -0.25) is 10.2 Å². The fourth-order valence-electron chi connectivity index (χ4n) is 2.01. The number of benzene rings is 2. The molecular weight excluding hydrogens is 328 g/mol. The molecule has 1 heterocycles. The van der Waals surface area contributed by atoms with Crippen molar-refractivity contribution in [3.8, 4) is 5.69 Å². The third-order valence-electron chi connectivity index (χ3n) is 3.22. The van der Waals surface area contributed by atoms with Crippen LogP contribution < -0.4 is 10.3 Å². The quantitative estimate of drug-likeness (QED) is 0.687. The molecule has 1 aromatic heterocycles. The van der Waals surface area contributed by atoms with E-state index < -0.39 is 15.9 Å². The standard InChI is InChI=1S/C16H14N4O3S/c21-16(18-19-24(22,23)15-9-5-2-6-10-15)13-11-17-20(12-13)14-7-3-1-4-8-14/h1-12,19H,(H,18,21). The van der Waals surface area contributed by atoms with Crippen molar-refractivity contribution in [3.05, 3.63) is 78.6 Å². The molecule has 0 fully saturated rings. The van der Waals surface area contributed by atoms with Crippen LogP contribution in [0.15, 0.2) is 78.0 Å². The molecule has 2 aromatic carbocycles. The maximum absolute atomic E-state index is 12.1. The van der Waals surface area contributed by atoms with Gasteiger partial charge in [0.25, 0.3) is 15.9 Å². The highest BCUT2D eigenvalue weighted by atomic mass is 32.2. The van der Waals surface area contributed by atoms with E-state index in [-0.39, 0.29) is 10.5 Å². The van der Waals surface area contributed by atoms with Gasteiger partial charge in [0, 0.05) is 6.20 Å². The number of hydrazine groups is 1. The van der Waals surface area contributed by atoms with E-state index >= 15 is 0 Å². The van der Waals surface area contributed by atoms with E-state index in [0.29, 0.717) is 0 Å². The van der Waals surface area contributed by atoms with Crippen molar-refractivity contribution in [3.63, 3.8) is 0 Å². The summed E-state index contributed by atoms with van der Waals surface area (Å²) in [6.07, 6.45) is 2.88. The van der Waals surface area contributed by atoms with E-state index in [0.717, 1.165) is 5.69 Å². The van der Waals surface area contributed by atoms with Crippen LogP contribution in [-0.4, -0.2) is 24.1 Å². The zero-order valence-corrected chi connectivity index (χ0v) is 13.3. The Morgan fingerprint density at radius 3 is 2.25 bits per heavy atom. The second-order valence-electron chi connectivity index (χ2n) is 4.88. The molecule has 0 aliphatic carbocycles. The topological polar surface area (TPSA) is 93.1 Å². The van der Waals surface area contributed by atoms with Crippen LogP contribution in [0.25, 0.3) is 5.69 Å². The number of hydrogen-bond acceptors (Lipinski definition) is 4. The Balaban J connectivity index is 1.69. The first-order valence-electron chi connectivity index (χ1n) is 7.03. The van der Waals surface area contributed by atoms with Crippen LogP contribution in [0.5, 0.6) is 0 Å². The molecule has 0 atom stereocenters. The molecule has 0 saturated heterocycles. The smallest absolute Gasteiger partial charge is 0.269 e. The summed E-state index contributed by atoms with van der Waals surface area (Å²) < 4.78 is 25.6. The van der Waals surface area contributed by atoms with Crippen LogP contribution in [0, 0.1) is 0 Å². The van der Waals surface area contributed by atoms with E-state index in [9.17, 15) is 13.2 Å². The lowest BCUT2D eigenvalue weighted by atomic mass is 10.3. The third-order valence-corrected chi connectivity index (χ3v) is 4.48. The number of sulfonamides is 1. The fraction of sp³-hybridized carbons (Fsp3) is 0. The molecule has 0 unspecified atom stereocenters. The van der Waals surface area contributed by atoms with Crippen LogP contribution >= 0.6 is 0 Å². The van der Waals surface area contributed by atoms with Crippen molar-refractivity contribution in [2.45, 2.75) is 4.90 Å². The normalized spacial score (nSPS) is 11.2. The summed E-state index contributed by atoms with van der Waals surface area (Å²) >= 11 is 0. The van der Waals surface area contributed by atoms with Gasteiger partial charge in [0.05, 0.1) is 22.3 Å². The molecule has 0 aliphatic rings. The molecular formula is C16H14N4O3S. The minimum absolute atomic E-state index is 0.0604. The molecule has 0 spiro atoms. The van der Waals surface area contributed by atoms with Crippen molar-refractivity contribution in [2.75, 3.05) is 0 Å². The number of nitrogens with zero attached hydrogens (tertiary/aromatic N) is 2. The molecule has 2 N–H and O–H groups in total. The minimum Gasteiger partial charge on any atom is -0.273 e. The number of nitrogens with one attached hydrogen (secondary N) is 2. The maximum atomic E-state index is 12.1. The Kier molecular flexibility index (Phi) is 4.41. The number of carbonyl (C=O) groups is 1. The Labute approximate surface area is 139 Å². The van der Waals surface area contributed by atoms with Gasteiger partial charge in [-0.15, -0.1) is 4.83 Å². The van der Waals surface area contributed by atoms with Gasteiger partial charge >= 0.3 is 0 Å². The van der Waals surface area contributed by atoms with E-state index in [4.69, 9.17) is 0 Å². The van der Waals surface area contributed by atoms with Crippen LogP contribution in [0.1, 0.15) is 10.4 Å². The monoisotopic (exact) mass is 342 g/mol. The molecule has 0 bridgehead atoms. The predicted octanol–water partition coefficient (Wildman–Crippen LogP) is 1.50. The van der Waals surface area contributed by atoms with Gasteiger partial charge in [0.2, 0.25) is 0 Å². The van der Waals surface area contributed by atoms with Gasteiger partial charge in [0.15, 0.2) is 0 Å². The first-order chi connectivity index (χ1) is 11.6. The summed E-state index contributed by atoms with van der Waals surface area (Å²) in [5.74, 6) is -0.600. The van der Waals surface area contributed by atoms with Crippen molar-refractivity contribution >= 4 is 15.9 Å². The van der Waals surface area contributed by atoms with Crippen LogP contribution in [0.2, 0.25) is 0 Å². The van der Waals surface area contributed by atoms with Crippen molar-refractivity contribution < 1.29 is 13.2 Å². The zero-order chi connectivity index (χ0) is 17.0. The van der Waals surface area contributed by atoms with Gasteiger partial charge in [-0.2, -0.15) is 5.10 Å². The maximum Gasteiger partial charge on any atom is 0.269 e. The highest BCUT2D eigenvalue weighted by Crippen LogP contribution is 2.08. The average molecular weight is 342 g/mol. The van der Waals surface area contributed by atoms with Crippen molar-refractivity contribution in [1.82, 2.24) is 20.0 Å². The Morgan fingerprint density at radius 2 is 1.58 bits per heavy atom. The summed E-state index contributed by atoms with van der Waals surface area (Å²) in [5, 5.41) is 4.09. The number of para-hydroxylation sites is 1. The number of rotatable bonds is 5. The number of aromatic nitrogens is 2. The van der Waals surface area contributed by atoms with E-state index in [1.165, 1.54) is 29.2 Å². The highest BCUT2D eigenvalue weighted by molar-refractivity contribution is 7.89. The van der Waals surface area contributed by atoms with Crippen LogP contribution in [0.3, 0.4) is 0 Å². The second-order valence-corrected chi connectivity index (χ2v) is 6.56. The fourth-order valence-corrected chi connectivity index (χ4v) is 2.87. The van der Waals surface area contributed by atoms with Gasteiger partial charge in [0.1, 0.15) is 0 Å². The lowest BCUT2D eigenvalue weighted by Crippen LogP contribution is -2.41. The van der Waals surface area contributed by atoms with E-state index in [1.807, 2.05) is 30.3 Å².